The number of alkyl halides is 1. The molecule has 0 radical (unpaired) electrons. The highest BCUT2D eigenvalue weighted by atomic mass is 35.5. The van der Waals surface area contributed by atoms with Crippen LogP contribution in [0.4, 0.5) is 0 Å². The summed E-state index contributed by atoms with van der Waals surface area (Å²) in [5.41, 5.74) is 1.73. The standard InChI is InChI=1S/C15H24ClNO2S/c1-12(2)10-17(13(3)4)20(18,19)11-15-7-5-6-14(8-15)9-16/h5-8,12-13H,9-11H2,1-4H3. The van der Waals surface area contributed by atoms with E-state index >= 15 is 0 Å². The molecule has 1 aromatic carbocycles. The molecule has 114 valence electrons. The minimum atomic E-state index is -3.30. The fourth-order valence-corrected chi connectivity index (χ4v) is 4.20. The molecule has 0 saturated heterocycles. The lowest BCUT2D eigenvalue weighted by Gasteiger charge is -2.27. The zero-order valence-electron chi connectivity index (χ0n) is 12.6. The second-order valence-corrected chi connectivity index (χ2v) is 7.96. The van der Waals surface area contributed by atoms with Gasteiger partial charge in [-0.05, 0) is 30.9 Å². The Morgan fingerprint density at radius 3 is 2.25 bits per heavy atom. The molecule has 0 saturated carbocycles. The fourth-order valence-electron chi connectivity index (χ4n) is 2.10. The van der Waals surface area contributed by atoms with Crippen molar-refractivity contribution < 1.29 is 8.42 Å². The minimum Gasteiger partial charge on any atom is -0.212 e. The molecule has 0 amide bonds. The topological polar surface area (TPSA) is 37.4 Å². The van der Waals surface area contributed by atoms with Crippen LogP contribution in [0.1, 0.15) is 38.8 Å². The summed E-state index contributed by atoms with van der Waals surface area (Å²) < 4.78 is 26.7. The molecule has 0 N–H and O–H groups in total. The van der Waals surface area contributed by atoms with Crippen molar-refractivity contribution in [2.45, 2.75) is 45.4 Å². The van der Waals surface area contributed by atoms with Crippen LogP contribution in [0.3, 0.4) is 0 Å². The van der Waals surface area contributed by atoms with Crippen LogP contribution in [0.25, 0.3) is 0 Å². The van der Waals surface area contributed by atoms with E-state index in [1.807, 2.05) is 52.0 Å². The number of benzene rings is 1. The van der Waals surface area contributed by atoms with Gasteiger partial charge in [-0.3, -0.25) is 0 Å². The lowest BCUT2D eigenvalue weighted by molar-refractivity contribution is 0.318. The third-order valence-electron chi connectivity index (χ3n) is 2.97. The first-order chi connectivity index (χ1) is 9.26. The van der Waals surface area contributed by atoms with Crippen LogP contribution in [0.15, 0.2) is 24.3 Å². The van der Waals surface area contributed by atoms with Gasteiger partial charge in [-0.15, -0.1) is 11.6 Å². The Hall–Kier alpha value is -0.580. The van der Waals surface area contributed by atoms with Crippen LogP contribution in [0.2, 0.25) is 0 Å². The molecule has 1 rings (SSSR count). The number of sulfonamides is 1. The molecule has 5 heteroatoms. The van der Waals surface area contributed by atoms with Gasteiger partial charge in [-0.2, -0.15) is 4.31 Å². The molecular weight excluding hydrogens is 294 g/mol. The van der Waals surface area contributed by atoms with Crippen molar-refractivity contribution in [1.29, 1.82) is 0 Å². The quantitative estimate of drug-likeness (QED) is 0.720. The Labute approximate surface area is 128 Å². The minimum absolute atomic E-state index is 0.0291. The number of halogens is 1. The number of rotatable bonds is 7. The average molecular weight is 318 g/mol. The summed E-state index contributed by atoms with van der Waals surface area (Å²) in [6.07, 6.45) is 0. The van der Waals surface area contributed by atoms with Crippen molar-refractivity contribution in [3.63, 3.8) is 0 Å². The summed E-state index contributed by atoms with van der Waals surface area (Å²) in [6.45, 7) is 8.43. The van der Waals surface area contributed by atoms with Gasteiger partial charge in [0.2, 0.25) is 10.0 Å². The Balaban J connectivity index is 2.96. The second kappa shape index (κ2) is 7.43. The molecule has 0 atom stereocenters. The Morgan fingerprint density at radius 2 is 1.75 bits per heavy atom. The Kier molecular flexibility index (Phi) is 6.49. The van der Waals surface area contributed by atoms with E-state index in [1.54, 1.807) is 4.31 Å². The van der Waals surface area contributed by atoms with Crippen molar-refractivity contribution >= 4 is 21.6 Å². The van der Waals surface area contributed by atoms with E-state index in [4.69, 9.17) is 11.6 Å². The van der Waals surface area contributed by atoms with Gasteiger partial charge in [-0.25, -0.2) is 8.42 Å². The van der Waals surface area contributed by atoms with E-state index in [0.717, 1.165) is 11.1 Å². The molecule has 0 aliphatic carbocycles. The molecule has 0 heterocycles. The van der Waals surface area contributed by atoms with Crippen molar-refractivity contribution in [3.8, 4) is 0 Å². The maximum Gasteiger partial charge on any atom is 0.218 e. The van der Waals surface area contributed by atoms with Gasteiger partial charge in [0, 0.05) is 18.5 Å². The van der Waals surface area contributed by atoms with Crippen LogP contribution in [0.5, 0.6) is 0 Å². The van der Waals surface area contributed by atoms with Crippen molar-refractivity contribution in [2.75, 3.05) is 6.54 Å². The molecule has 1 aromatic rings. The third kappa shape index (κ3) is 5.08. The number of hydrogen-bond donors (Lipinski definition) is 0. The molecule has 0 aliphatic rings. The zero-order chi connectivity index (χ0) is 15.3. The van der Waals surface area contributed by atoms with Gasteiger partial charge in [0.15, 0.2) is 0 Å². The first kappa shape index (κ1) is 17.5. The van der Waals surface area contributed by atoms with Gasteiger partial charge in [0.05, 0.1) is 5.75 Å². The van der Waals surface area contributed by atoms with E-state index in [-0.39, 0.29) is 11.8 Å². The maximum absolute atomic E-state index is 12.6. The smallest absolute Gasteiger partial charge is 0.212 e. The van der Waals surface area contributed by atoms with Crippen LogP contribution in [-0.4, -0.2) is 25.3 Å². The average Bonchev–Trinajstić information content (AvgIpc) is 2.35. The van der Waals surface area contributed by atoms with E-state index in [1.165, 1.54) is 0 Å². The predicted octanol–water partition coefficient (Wildman–Crippen LogP) is 3.62. The van der Waals surface area contributed by atoms with E-state index in [2.05, 4.69) is 0 Å². The zero-order valence-corrected chi connectivity index (χ0v) is 14.2. The molecule has 0 aromatic heterocycles. The van der Waals surface area contributed by atoms with Gasteiger partial charge in [-0.1, -0.05) is 38.1 Å². The normalized spacial score (nSPS) is 12.6. The van der Waals surface area contributed by atoms with Gasteiger partial charge in [0.1, 0.15) is 0 Å². The molecule has 20 heavy (non-hydrogen) atoms. The highest BCUT2D eigenvalue weighted by molar-refractivity contribution is 7.88. The van der Waals surface area contributed by atoms with Crippen molar-refractivity contribution in [3.05, 3.63) is 35.4 Å². The summed E-state index contributed by atoms with van der Waals surface area (Å²) in [7, 11) is -3.30. The monoisotopic (exact) mass is 317 g/mol. The van der Waals surface area contributed by atoms with Crippen LogP contribution < -0.4 is 0 Å². The van der Waals surface area contributed by atoms with E-state index in [0.29, 0.717) is 18.3 Å². The first-order valence-electron chi connectivity index (χ1n) is 6.89. The number of hydrogen-bond acceptors (Lipinski definition) is 2. The molecule has 0 aliphatic heterocycles. The highest BCUT2D eigenvalue weighted by Gasteiger charge is 2.25. The van der Waals surface area contributed by atoms with E-state index in [9.17, 15) is 8.42 Å². The summed E-state index contributed by atoms with van der Waals surface area (Å²) in [6, 6.07) is 7.42. The van der Waals surface area contributed by atoms with E-state index < -0.39 is 10.0 Å². The van der Waals surface area contributed by atoms with Gasteiger partial charge >= 0.3 is 0 Å². The van der Waals surface area contributed by atoms with Crippen molar-refractivity contribution in [2.24, 2.45) is 5.92 Å². The lowest BCUT2D eigenvalue weighted by atomic mass is 10.2. The van der Waals surface area contributed by atoms with Crippen molar-refractivity contribution in [1.82, 2.24) is 4.31 Å². The summed E-state index contributed by atoms with van der Waals surface area (Å²) >= 11 is 5.79. The van der Waals surface area contributed by atoms with Crippen LogP contribution in [0, 0.1) is 5.92 Å². The molecule has 0 bridgehead atoms. The summed E-state index contributed by atoms with van der Waals surface area (Å²) in [5, 5.41) is 0. The van der Waals surface area contributed by atoms with Gasteiger partial charge in [0.25, 0.3) is 0 Å². The van der Waals surface area contributed by atoms with Gasteiger partial charge < -0.3 is 0 Å². The fraction of sp³-hybridized carbons (Fsp3) is 0.600. The predicted molar refractivity (Wildman–Crippen MR) is 85.3 cm³/mol. The molecule has 0 unspecified atom stereocenters. The molecule has 3 nitrogen and oxygen atoms in total. The second-order valence-electron chi connectivity index (χ2n) is 5.77. The molecule has 0 spiro atoms. The molecular formula is C15H24ClNO2S. The van der Waals surface area contributed by atoms with Crippen LogP contribution >= 0.6 is 11.6 Å². The Morgan fingerprint density at radius 1 is 1.15 bits per heavy atom. The highest BCUT2D eigenvalue weighted by Crippen LogP contribution is 2.17. The summed E-state index contributed by atoms with van der Waals surface area (Å²) in [5.74, 6) is 0.734. The Bertz CT molecular complexity index is 526. The largest absolute Gasteiger partial charge is 0.218 e. The maximum atomic E-state index is 12.6. The first-order valence-corrected chi connectivity index (χ1v) is 9.04. The lowest BCUT2D eigenvalue weighted by Crippen LogP contribution is -2.40. The third-order valence-corrected chi connectivity index (χ3v) is 5.27. The molecule has 0 fully saturated rings. The number of nitrogens with zero attached hydrogens (tertiary/aromatic N) is 1. The van der Waals surface area contributed by atoms with Crippen LogP contribution in [-0.2, 0) is 21.7 Å². The summed E-state index contributed by atoms with van der Waals surface area (Å²) in [4.78, 5) is 0. The SMILES string of the molecule is CC(C)CN(C(C)C)S(=O)(=O)Cc1cccc(CCl)c1.